The molecule has 2 heterocycles. The number of hydrogen-bond donors (Lipinski definition) is 1. The number of ketones is 1. The second-order valence-electron chi connectivity index (χ2n) is 4.39. The topological polar surface area (TPSA) is 43.1 Å². The summed E-state index contributed by atoms with van der Waals surface area (Å²) >= 11 is 9.39. The fourth-order valence-corrected chi connectivity index (χ4v) is 4.72. The van der Waals surface area contributed by atoms with Crippen LogP contribution in [-0.4, -0.2) is 11.5 Å². The minimum absolute atomic E-state index is 0.00981. The van der Waals surface area contributed by atoms with E-state index in [0.29, 0.717) is 21.2 Å². The van der Waals surface area contributed by atoms with E-state index in [1.807, 2.05) is 11.8 Å². The molecule has 0 fully saturated rings. The van der Waals surface area contributed by atoms with Crippen LogP contribution >= 0.6 is 34.7 Å². The summed E-state index contributed by atoms with van der Waals surface area (Å²) in [6.07, 6.45) is 0.926. The summed E-state index contributed by atoms with van der Waals surface area (Å²) in [5.41, 5.74) is 8.50. The van der Waals surface area contributed by atoms with Gasteiger partial charge in [0.2, 0.25) is 0 Å². The maximum absolute atomic E-state index is 12.6. The number of fused-ring (bicyclic) bond motifs is 1. The Labute approximate surface area is 125 Å². The SMILES string of the molecule is Nc1sc2c(c1C(=O)c1cccc(Cl)c1)CCSC2. The standard InChI is InChI=1S/C14H12ClNOS2/c15-9-3-1-2-8(6-9)13(17)12-10-4-5-18-7-11(10)19-14(12)16/h1-3,6H,4-5,7,16H2. The largest absolute Gasteiger partial charge is 0.390 e. The molecule has 1 aromatic heterocycles. The van der Waals surface area contributed by atoms with Crippen LogP contribution in [0.5, 0.6) is 0 Å². The van der Waals surface area contributed by atoms with Gasteiger partial charge in [-0.05, 0) is 29.9 Å². The Morgan fingerprint density at radius 3 is 3.00 bits per heavy atom. The highest BCUT2D eigenvalue weighted by molar-refractivity contribution is 7.98. The van der Waals surface area contributed by atoms with Crippen LogP contribution in [0.1, 0.15) is 26.4 Å². The van der Waals surface area contributed by atoms with Crippen LogP contribution < -0.4 is 5.73 Å². The van der Waals surface area contributed by atoms with E-state index in [0.717, 1.165) is 23.5 Å². The van der Waals surface area contributed by atoms with Crippen LogP contribution in [0.3, 0.4) is 0 Å². The van der Waals surface area contributed by atoms with Crippen LogP contribution in [-0.2, 0) is 12.2 Å². The smallest absolute Gasteiger partial charge is 0.196 e. The predicted octanol–water partition coefficient (Wildman–Crippen LogP) is 4.00. The minimum atomic E-state index is -0.00981. The first kappa shape index (κ1) is 13.0. The number of carbonyl (C=O) groups excluding carboxylic acids is 1. The molecule has 0 aliphatic carbocycles. The van der Waals surface area contributed by atoms with Gasteiger partial charge in [0.05, 0.1) is 10.6 Å². The molecule has 1 aromatic carbocycles. The molecule has 19 heavy (non-hydrogen) atoms. The summed E-state index contributed by atoms with van der Waals surface area (Å²) < 4.78 is 0. The van der Waals surface area contributed by atoms with E-state index < -0.39 is 0 Å². The van der Waals surface area contributed by atoms with Crippen molar-refractivity contribution in [2.75, 3.05) is 11.5 Å². The van der Waals surface area contributed by atoms with E-state index in [1.54, 1.807) is 35.6 Å². The molecule has 2 nitrogen and oxygen atoms in total. The van der Waals surface area contributed by atoms with Crippen LogP contribution in [0.15, 0.2) is 24.3 Å². The summed E-state index contributed by atoms with van der Waals surface area (Å²) in [6, 6.07) is 7.04. The van der Waals surface area contributed by atoms with Gasteiger partial charge in [-0.1, -0.05) is 23.7 Å². The Morgan fingerprint density at radius 1 is 1.37 bits per heavy atom. The molecule has 0 spiro atoms. The van der Waals surface area contributed by atoms with Gasteiger partial charge in [0.15, 0.2) is 5.78 Å². The number of halogens is 1. The summed E-state index contributed by atoms with van der Waals surface area (Å²) in [4.78, 5) is 13.9. The number of benzene rings is 1. The predicted molar refractivity (Wildman–Crippen MR) is 83.5 cm³/mol. The lowest BCUT2D eigenvalue weighted by Gasteiger charge is -2.12. The van der Waals surface area contributed by atoms with Crippen molar-refractivity contribution in [3.8, 4) is 0 Å². The zero-order chi connectivity index (χ0) is 13.4. The average Bonchev–Trinajstić information content (AvgIpc) is 2.74. The molecule has 3 rings (SSSR count). The molecule has 5 heteroatoms. The maximum atomic E-state index is 12.6. The molecule has 0 atom stereocenters. The Hall–Kier alpha value is -0.970. The van der Waals surface area contributed by atoms with Gasteiger partial charge in [0.1, 0.15) is 0 Å². The van der Waals surface area contributed by atoms with Gasteiger partial charge in [-0.15, -0.1) is 11.3 Å². The first-order chi connectivity index (χ1) is 9.16. The number of anilines is 1. The van der Waals surface area contributed by atoms with E-state index in [2.05, 4.69) is 0 Å². The molecule has 0 bridgehead atoms. The van der Waals surface area contributed by atoms with Crippen molar-refractivity contribution in [1.82, 2.24) is 0 Å². The number of thioether (sulfide) groups is 1. The van der Waals surface area contributed by atoms with Crippen molar-refractivity contribution in [2.24, 2.45) is 0 Å². The first-order valence-corrected chi connectivity index (χ1v) is 8.30. The first-order valence-electron chi connectivity index (χ1n) is 5.95. The second kappa shape index (κ2) is 5.19. The van der Waals surface area contributed by atoms with Gasteiger partial charge in [-0.3, -0.25) is 4.79 Å². The lowest BCUT2D eigenvalue weighted by Crippen LogP contribution is -2.09. The molecule has 0 radical (unpaired) electrons. The van der Waals surface area contributed by atoms with Crippen LogP contribution in [0.4, 0.5) is 5.00 Å². The highest BCUT2D eigenvalue weighted by atomic mass is 35.5. The summed E-state index contributed by atoms with van der Waals surface area (Å²) in [5.74, 6) is 2.01. The Morgan fingerprint density at radius 2 is 2.21 bits per heavy atom. The Bertz CT molecular complexity index is 651. The molecule has 98 valence electrons. The van der Waals surface area contributed by atoms with Crippen LogP contribution in [0, 0.1) is 0 Å². The van der Waals surface area contributed by atoms with Crippen LogP contribution in [0.25, 0.3) is 0 Å². The van der Waals surface area contributed by atoms with Crippen molar-refractivity contribution in [3.63, 3.8) is 0 Å². The zero-order valence-electron chi connectivity index (χ0n) is 10.1. The zero-order valence-corrected chi connectivity index (χ0v) is 12.5. The minimum Gasteiger partial charge on any atom is -0.390 e. The highest BCUT2D eigenvalue weighted by Crippen LogP contribution is 2.38. The second-order valence-corrected chi connectivity index (χ2v) is 7.06. The number of nitrogens with two attached hydrogens (primary N) is 1. The number of carbonyl (C=O) groups is 1. The van der Waals surface area contributed by atoms with Gasteiger partial charge in [0, 0.05) is 21.2 Å². The summed E-state index contributed by atoms with van der Waals surface area (Å²) in [5, 5.41) is 1.21. The summed E-state index contributed by atoms with van der Waals surface area (Å²) in [7, 11) is 0. The molecule has 0 saturated heterocycles. The van der Waals surface area contributed by atoms with Crippen molar-refractivity contribution in [2.45, 2.75) is 12.2 Å². The van der Waals surface area contributed by atoms with Gasteiger partial charge >= 0.3 is 0 Å². The fraction of sp³-hybridized carbons (Fsp3) is 0.214. The Balaban J connectivity index is 2.07. The number of nitrogen functional groups attached to an aromatic ring is 1. The summed E-state index contributed by atoms with van der Waals surface area (Å²) in [6.45, 7) is 0. The monoisotopic (exact) mass is 309 g/mol. The van der Waals surface area contributed by atoms with Crippen molar-refractivity contribution < 1.29 is 4.79 Å². The lowest BCUT2D eigenvalue weighted by atomic mass is 9.99. The lowest BCUT2D eigenvalue weighted by molar-refractivity contribution is 0.103. The number of thiophene rings is 1. The molecular formula is C14H12ClNOS2. The quantitative estimate of drug-likeness (QED) is 0.853. The molecule has 0 amide bonds. The Kier molecular flexibility index (Phi) is 3.56. The highest BCUT2D eigenvalue weighted by Gasteiger charge is 2.25. The third kappa shape index (κ3) is 2.40. The number of rotatable bonds is 2. The van der Waals surface area contributed by atoms with E-state index in [9.17, 15) is 4.79 Å². The molecular weight excluding hydrogens is 298 g/mol. The third-order valence-corrected chi connectivity index (χ3v) is 5.63. The van der Waals surface area contributed by atoms with Crippen molar-refractivity contribution in [1.29, 1.82) is 0 Å². The van der Waals surface area contributed by atoms with Crippen molar-refractivity contribution in [3.05, 3.63) is 50.9 Å². The maximum Gasteiger partial charge on any atom is 0.196 e. The molecule has 2 N–H and O–H groups in total. The molecule has 1 aliphatic heterocycles. The van der Waals surface area contributed by atoms with Gasteiger partial charge < -0.3 is 5.73 Å². The van der Waals surface area contributed by atoms with E-state index >= 15 is 0 Å². The van der Waals surface area contributed by atoms with Crippen LogP contribution in [0.2, 0.25) is 5.02 Å². The molecule has 0 unspecified atom stereocenters. The van der Waals surface area contributed by atoms with E-state index in [1.165, 1.54) is 4.88 Å². The fourth-order valence-electron chi connectivity index (χ4n) is 2.28. The molecule has 2 aromatic rings. The van der Waals surface area contributed by atoms with Gasteiger partial charge in [-0.2, -0.15) is 11.8 Å². The van der Waals surface area contributed by atoms with Crippen molar-refractivity contribution >= 4 is 45.5 Å². The average molecular weight is 310 g/mol. The van der Waals surface area contributed by atoms with Gasteiger partial charge in [0.25, 0.3) is 0 Å². The molecule has 0 saturated carbocycles. The molecule has 1 aliphatic rings. The third-order valence-electron chi connectivity index (χ3n) is 3.16. The number of hydrogen-bond acceptors (Lipinski definition) is 4. The van der Waals surface area contributed by atoms with Gasteiger partial charge in [-0.25, -0.2) is 0 Å². The normalized spacial score (nSPS) is 14.2. The van der Waals surface area contributed by atoms with E-state index in [-0.39, 0.29) is 5.78 Å². The van der Waals surface area contributed by atoms with E-state index in [4.69, 9.17) is 17.3 Å².